The van der Waals surface area contributed by atoms with Crippen LogP contribution < -0.4 is 0 Å². The van der Waals surface area contributed by atoms with E-state index in [1.54, 1.807) is 0 Å². The quantitative estimate of drug-likeness (QED) is 0.849. The highest BCUT2D eigenvalue weighted by atomic mass is 16.5. The van der Waals surface area contributed by atoms with Crippen molar-refractivity contribution < 1.29 is 4.74 Å². The number of nitrogens with zero attached hydrogens (tertiary/aromatic N) is 5. The molecule has 0 aromatic carbocycles. The van der Waals surface area contributed by atoms with Crippen LogP contribution in [0, 0.1) is 12.8 Å². The van der Waals surface area contributed by atoms with Crippen LogP contribution in [0.15, 0.2) is 24.7 Å². The van der Waals surface area contributed by atoms with Gasteiger partial charge in [0.15, 0.2) is 0 Å². The van der Waals surface area contributed by atoms with Crippen LogP contribution in [-0.4, -0.2) is 51.0 Å². The maximum Gasteiger partial charge on any atom is 0.125 e. The van der Waals surface area contributed by atoms with Crippen LogP contribution in [0.4, 0.5) is 0 Å². The zero-order valence-corrected chi connectivity index (χ0v) is 13.3. The zero-order valence-electron chi connectivity index (χ0n) is 13.3. The third kappa shape index (κ3) is 4.11. The summed E-state index contributed by atoms with van der Waals surface area (Å²) in [6.45, 7) is 6.44. The second kappa shape index (κ2) is 6.98. The highest BCUT2D eigenvalue weighted by molar-refractivity contribution is 5.05. The maximum atomic E-state index is 5.78. The Hall–Kier alpha value is -1.79. The minimum atomic E-state index is 0.466. The van der Waals surface area contributed by atoms with Crippen molar-refractivity contribution in [2.45, 2.75) is 19.9 Å². The molecule has 1 saturated heterocycles. The molecule has 0 N–H and O–H groups in total. The topological polar surface area (TPSA) is 56.1 Å². The summed E-state index contributed by atoms with van der Waals surface area (Å²) in [5.74, 6) is 1.30. The van der Waals surface area contributed by atoms with E-state index in [1.165, 1.54) is 5.56 Å². The zero-order chi connectivity index (χ0) is 15.4. The molecule has 0 unspecified atom stereocenters. The number of aryl methyl sites for hydroxylation is 2. The molecule has 2 aromatic heterocycles. The van der Waals surface area contributed by atoms with Crippen molar-refractivity contribution in [3.05, 3.63) is 41.7 Å². The van der Waals surface area contributed by atoms with Gasteiger partial charge < -0.3 is 4.74 Å². The number of aromatic nitrogens is 4. The van der Waals surface area contributed by atoms with Crippen molar-refractivity contribution in [3.8, 4) is 0 Å². The number of hydrogen-bond donors (Lipinski definition) is 0. The van der Waals surface area contributed by atoms with E-state index in [9.17, 15) is 0 Å². The van der Waals surface area contributed by atoms with Gasteiger partial charge in [0.2, 0.25) is 0 Å². The second-order valence-corrected chi connectivity index (χ2v) is 6.00. The van der Waals surface area contributed by atoms with E-state index in [1.807, 2.05) is 37.1 Å². The standard InChI is InChI=1S/C16H23N5O/c1-13-17-4-3-16(19-13)7-14-10-21(5-6-22-12-14)11-15-8-18-20(2)9-15/h3-4,8-9,14H,5-7,10-12H2,1-2H3/t14-/m1/s1. The lowest BCUT2D eigenvalue weighted by Gasteiger charge is -2.22. The average Bonchev–Trinajstić information content (AvgIpc) is 2.75. The van der Waals surface area contributed by atoms with Crippen LogP contribution in [0.1, 0.15) is 17.1 Å². The van der Waals surface area contributed by atoms with E-state index in [2.05, 4.69) is 26.2 Å². The summed E-state index contributed by atoms with van der Waals surface area (Å²) >= 11 is 0. The molecule has 0 radical (unpaired) electrons. The van der Waals surface area contributed by atoms with E-state index in [0.717, 1.165) is 50.8 Å². The molecule has 3 rings (SSSR count). The highest BCUT2D eigenvalue weighted by Gasteiger charge is 2.20. The molecule has 22 heavy (non-hydrogen) atoms. The number of hydrogen-bond acceptors (Lipinski definition) is 5. The van der Waals surface area contributed by atoms with Gasteiger partial charge in [-0.05, 0) is 19.4 Å². The predicted molar refractivity (Wildman–Crippen MR) is 83.3 cm³/mol. The molecule has 1 fully saturated rings. The Morgan fingerprint density at radius 3 is 3.09 bits per heavy atom. The summed E-state index contributed by atoms with van der Waals surface area (Å²) in [5.41, 5.74) is 2.35. The fourth-order valence-electron chi connectivity index (χ4n) is 2.95. The van der Waals surface area contributed by atoms with Crippen LogP contribution in [0.5, 0.6) is 0 Å². The van der Waals surface area contributed by atoms with Gasteiger partial charge in [-0.15, -0.1) is 0 Å². The van der Waals surface area contributed by atoms with Gasteiger partial charge >= 0.3 is 0 Å². The molecule has 6 heteroatoms. The second-order valence-electron chi connectivity index (χ2n) is 6.00. The van der Waals surface area contributed by atoms with Gasteiger partial charge in [-0.1, -0.05) is 0 Å². The van der Waals surface area contributed by atoms with E-state index in [-0.39, 0.29) is 0 Å². The molecule has 6 nitrogen and oxygen atoms in total. The summed E-state index contributed by atoms with van der Waals surface area (Å²) < 4.78 is 7.63. The summed E-state index contributed by atoms with van der Waals surface area (Å²) in [6.07, 6.45) is 6.79. The molecular weight excluding hydrogens is 278 g/mol. The molecule has 0 bridgehead atoms. The number of rotatable bonds is 4. The van der Waals surface area contributed by atoms with E-state index >= 15 is 0 Å². The minimum absolute atomic E-state index is 0.466. The Morgan fingerprint density at radius 1 is 1.41 bits per heavy atom. The molecule has 0 spiro atoms. The van der Waals surface area contributed by atoms with Crippen molar-refractivity contribution in [1.29, 1.82) is 0 Å². The van der Waals surface area contributed by atoms with Gasteiger partial charge in [-0.3, -0.25) is 9.58 Å². The van der Waals surface area contributed by atoms with Gasteiger partial charge in [0.1, 0.15) is 5.82 Å². The first-order valence-corrected chi connectivity index (χ1v) is 7.75. The maximum absolute atomic E-state index is 5.78. The molecule has 0 amide bonds. The molecule has 1 aliphatic rings. The van der Waals surface area contributed by atoms with Crippen LogP contribution in [0.3, 0.4) is 0 Å². The molecule has 1 aliphatic heterocycles. The van der Waals surface area contributed by atoms with Gasteiger partial charge in [0.05, 0.1) is 19.4 Å². The minimum Gasteiger partial charge on any atom is -0.380 e. The van der Waals surface area contributed by atoms with E-state index < -0.39 is 0 Å². The fourth-order valence-corrected chi connectivity index (χ4v) is 2.95. The highest BCUT2D eigenvalue weighted by Crippen LogP contribution is 2.14. The Kier molecular flexibility index (Phi) is 4.80. The fraction of sp³-hybridized carbons (Fsp3) is 0.562. The van der Waals surface area contributed by atoms with Gasteiger partial charge in [-0.2, -0.15) is 5.10 Å². The summed E-state index contributed by atoms with van der Waals surface area (Å²) in [4.78, 5) is 11.1. The lowest BCUT2D eigenvalue weighted by atomic mass is 10.0. The van der Waals surface area contributed by atoms with Crippen LogP contribution >= 0.6 is 0 Å². The largest absolute Gasteiger partial charge is 0.380 e. The monoisotopic (exact) mass is 301 g/mol. The SMILES string of the molecule is Cc1nccc(C[C@H]2COCCN(Cc3cnn(C)c3)C2)n1. The van der Waals surface area contributed by atoms with Crippen molar-refractivity contribution >= 4 is 0 Å². The molecule has 1 atom stereocenters. The molecule has 118 valence electrons. The summed E-state index contributed by atoms with van der Waals surface area (Å²) in [5, 5.41) is 4.24. The van der Waals surface area contributed by atoms with E-state index in [4.69, 9.17) is 4.74 Å². The molecule has 3 heterocycles. The van der Waals surface area contributed by atoms with Crippen LogP contribution in [0.25, 0.3) is 0 Å². The smallest absolute Gasteiger partial charge is 0.125 e. The van der Waals surface area contributed by atoms with Crippen molar-refractivity contribution in [1.82, 2.24) is 24.6 Å². The third-order valence-corrected chi connectivity index (χ3v) is 3.92. The molecule has 0 saturated carbocycles. The first-order chi connectivity index (χ1) is 10.7. The van der Waals surface area contributed by atoms with Crippen LogP contribution in [0.2, 0.25) is 0 Å². The Labute approximate surface area is 131 Å². The van der Waals surface area contributed by atoms with Gasteiger partial charge in [0, 0.05) is 56.3 Å². The van der Waals surface area contributed by atoms with Crippen molar-refractivity contribution in [2.24, 2.45) is 13.0 Å². The predicted octanol–water partition coefficient (Wildman–Crippen LogP) is 1.21. The number of ether oxygens (including phenoxy) is 1. The van der Waals surface area contributed by atoms with Gasteiger partial charge in [0.25, 0.3) is 0 Å². The van der Waals surface area contributed by atoms with Gasteiger partial charge in [-0.25, -0.2) is 9.97 Å². The lowest BCUT2D eigenvalue weighted by Crippen LogP contribution is -2.30. The van der Waals surface area contributed by atoms with E-state index in [0.29, 0.717) is 5.92 Å². The molecule has 2 aromatic rings. The van der Waals surface area contributed by atoms with Crippen molar-refractivity contribution in [3.63, 3.8) is 0 Å². The van der Waals surface area contributed by atoms with Crippen LogP contribution in [-0.2, 0) is 24.8 Å². The lowest BCUT2D eigenvalue weighted by molar-refractivity contribution is 0.121. The Morgan fingerprint density at radius 2 is 2.32 bits per heavy atom. The first kappa shape index (κ1) is 15.1. The Bertz CT molecular complexity index is 612. The average molecular weight is 301 g/mol. The van der Waals surface area contributed by atoms with Crippen molar-refractivity contribution in [2.75, 3.05) is 26.3 Å². The summed E-state index contributed by atoms with van der Waals surface area (Å²) in [7, 11) is 1.95. The molecular formula is C16H23N5O. The summed E-state index contributed by atoms with van der Waals surface area (Å²) in [6, 6.07) is 2.00. The first-order valence-electron chi connectivity index (χ1n) is 7.75. The molecule has 0 aliphatic carbocycles. The Balaban J connectivity index is 1.62. The third-order valence-electron chi connectivity index (χ3n) is 3.92. The normalized spacial score (nSPS) is 20.0.